The van der Waals surface area contributed by atoms with Crippen LogP contribution in [0.4, 0.5) is 5.69 Å². The van der Waals surface area contributed by atoms with Gasteiger partial charge in [-0.25, -0.2) is 0 Å². The van der Waals surface area contributed by atoms with E-state index in [-0.39, 0.29) is 5.91 Å². The zero-order valence-corrected chi connectivity index (χ0v) is 20.9. The van der Waals surface area contributed by atoms with Crippen molar-refractivity contribution >= 4 is 29.4 Å². The maximum atomic E-state index is 12.9. The van der Waals surface area contributed by atoms with Gasteiger partial charge in [-0.15, -0.1) is 0 Å². The minimum Gasteiger partial charge on any atom is -0.388 e. The van der Waals surface area contributed by atoms with E-state index in [2.05, 4.69) is 47.8 Å². The van der Waals surface area contributed by atoms with Gasteiger partial charge in [-0.1, -0.05) is 31.7 Å². The molecule has 0 radical (unpaired) electrons. The molecule has 1 aromatic rings. The fourth-order valence-electron chi connectivity index (χ4n) is 6.06. The molecule has 2 saturated carbocycles. The number of hydrogen-bond donors (Lipinski definition) is 2. The molecule has 2 aliphatic carbocycles. The minimum absolute atomic E-state index is 0.163. The summed E-state index contributed by atoms with van der Waals surface area (Å²) in [7, 11) is 1.99. The number of aliphatic imine (C=N–C) groups is 1. The van der Waals surface area contributed by atoms with E-state index in [0.29, 0.717) is 17.1 Å². The van der Waals surface area contributed by atoms with Crippen LogP contribution in [0.2, 0.25) is 0 Å². The molecule has 5 rings (SSSR count). The first kappa shape index (κ1) is 22.3. The predicted molar refractivity (Wildman–Crippen MR) is 134 cm³/mol. The van der Waals surface area contributed by atoms with Crippen LogP contribution in [0.3, 0.4) is 0 Å². The van der Waals surface area contributed by atoms with Crippen LogP contribution >= 0.6 is 11.9 Å². The molecule has 174 valence electrons. The second-order valence-corrected chi connectivity index (χ2v) is 12.0. The molecule has 6 heteroatoms. The molecule has 0 bridgehead atoms. The maximum Gasteiger partial charge on any atom is 0.253 e. The lowest BCUT2D eigenvalue weighted by Gasteiger charge is -2.34. The molecule has 2 atom stereocenters. The molecule has 2 aliphatic heterocycles. The molecular weight excluding hydrogens is 416 g/mol. The first-order valence-electron chi connectivity index (χ1n) is 12.5. The number of hydrogen-bond acceptors (Lipinski definition) is 5. The van der Waals surface area contributed by atoms with Gasteiger partial charge in [0.05, 0.1) is 0 Å². The number of anilines is 1. The molecule has 1 amide bonds. The first-order valence-corrected chi connectivity index (χ1v) is 13.3. The minimum atomic E-state index is -0.491. The number of piperidine rings is 1. The van der Waals surface area contributed by atoms with Crippen LogP contribution in [0, 0.1) is 25.7 Å². The maximum absolute atomic E-state index is 12.9. The highest BCUT2D eigenvalue weighted by Crippen LogP contribution is 2.53. The van der Waals surface area contributed by atoms with Gasteiger partial charge < -0.3 is 10.6 Å². The van der Waals surface area contributed by atoms with E-state index in [1.54, 1.807) is 5.56 Å². The number of amides is 1. The summed E-state index contributed by atoms with van der Waals surface area (Å²) in [5.74, 6) is 3.11. The Balaban J connectivity index is 1.17. The number of benzene rings is 1. The fourth-order valence-corrected chi connectivity index (χ4v) is 7.41. The number of nitrogens with zero attached hydrogens (tertiary/aromatic N) is 2. The number of rotatable bonds is 5. The van der Waals surface area contributed by atoms with Crippen molar-refractivity contribution in [1.82, 2.24) is 9.62 Å². The van der Waals surface area contributed by atoms with Crippen LogP contribution in [-0.2, 0) is 4.79 Å². The second kappa shape index (κ2) is 8.68. The third kappa shape index (κ3) is 4.21. The highest BCUT2D eigenvalue weighted by Gasteiger charge is 2.49. The summed E-state index contributed by atoms with van der Waals surface area (Å²) < 4.78 is 2.51. The second-order valence-electron chi connectivity index (χ2n) is 10.6. The lowest BCUT2D eigenvalue weighted by Crippen LogP contribution is -2.47. The normalized spacial score (nSPS) is 32.0. The Morgan fingerprint density at radius 1 is 1.12 bits per heavy atom. The summed E-state index contributed by atoms with van der Waals surface area (Å²) in [5, 5.41) is 7.14. The Hall–Kier alpha value is -1.53. The van der Waals surface area contributed by atoms with Crippen molar-refractivity contribution in [2.24, 2.45) is 16.8 Å². The smallest absolute Gasteiger partial charge is 0.253 e. The summed E-state index contributed by atoms with van der Waals surface area (Å²) in [5.41, 5.74) is 5.06. The summed E-state index contributed by atoms with van der Waals surface area (Å²) in [4.78, 5) is 18.0. The average molecular weight is 455 g/mol. The van der Waals surface area contributed by atoms with E-state index < -0.39 is 5.54 Å². The molecular formula is C26H38N4OS. The Morgan fingerprint density at radius 2 is 1.78 bits per heavy atom. The molecule has 0 aromatic heterocycles. The first-order chi connectivity index (χ1) is 15.4. The van der Waals surface area contributed by atoms with Gasteiger partial charge in [0, 0.05) is 37.0 Å². The fraction of sp³-hybridized carbons (Fsp3) is 0.692. The van der Waals surface area contributed by atoms with Crippen molar-refractivity contribution in [2.45, 2.75) is 82.4 Å². The number of carbonyl (C=O) groups excluding carboxylic acids is 1. The third-order valence-electron chi connectivity index (χ3n) is 8.22. The van der Waals surface area contributed by atoms with Gasteiger partial charge in [0.1, 0.15) is 11.4 Å². The standard InChI is InChI=1S/C26H38N4OS/c1-16-5-7-19(8-6-16)24-28-25(31)26(29-24)9-11-30(12-10-26)32-22-15-21(22)23-17(2)13-20(27-4)14-18(23)3/h13-14,16,19,21-22,27H,5-12,15H2,1-4H3,(H,28,29,31). The third-order valence-corrected chi connectivity index (χ3v) is 9.68. The SMILES string of the molecule is CNc1cc(C)c(C2CC2SN2CCC3(CC2)N=C(C2CCC(C)CC2)NC3=O)c(C)c1. The molecule has 2 N–H and O–H groups in total. The molecule has 4 aliphatic rings. The molecule has 2 heterocycles. The van der Waals surface area contributed by atoms with Crippen LogP contribution in [0.15, 0.2) is 17.1 Å². The van der Waals surface area contributed by atoms with Crippen molar-refractivity contribution in [3.05, 3.63) is 28.8 Å². The summed E-state index contributed by atoms with van der Waals surface area (Å²) in [6.45, 7) is 8.74. The van der Waals surface area contributed by atoms with Crippen LogP contribution < -0.4 is 10.6 Å². The van der Waals surface area contributed by atoms with Crippen LogP contribution in [-0.4, -0.2) is 47.0 Å². The molecule has 32 heavy (non-hydrogen) atoms. The summed E-state index contributed by atoms with van der Waals surface area (Å²) in [6, 6.07) is 4.54. The number of nitrogens with one attached hydrogen (secondary N) is 2. The molecule has 1 saturated heterocycles. The van der Waals surface area contributed by atoms with Crippen molar-refractivity contribution in [3.8, 4) is 0 Å². The van der Waals surface area contributed by atoms with Crippen LogP contribution in [0.1, 0.15) is 74.5 Å². The Kier molecular flexibility index (Phi) is 6.04. The number of amidine groups is 1. The topological polar surface area (TPSA) is 56.7 Å². The summed E-state index contributed by atoms with van der Waals surface area (Å²) >= 11 is 2.03. The predicted octanol–water partition coefficient (Wildman–Crippen LogP) is 5.04. The lowest BCUT2D eigenvalue weighted by molar-refractivity contribution is -0.124. The van der Waals surface area contributed by atoms with E-state index in [1.165, 1.54) is 48.9 Å². The van der Waals surface area contributed by atoms with Crippen LogP contribution in [0.5, 0.6) is 0 Å². The average Bonchev–Trinajstić information content (AvgIpc) is 3.44. The molecule has 1 aromatic carbocycles. The molecule has 1 spiro atoms. The van der Waals surface area contributed by atoms with Crippen molar-refractivity contribution in [3.63, 3.8) is 0 Å². The Labute approximate surface area is 197 Å². The van der Waals surface area contributed by atoms with Gasteiger partial charge in [-0.2, -0.15) is 0 Å². The van der Waals surface area contributed by atoms with E-state index in [9.17, 15) is 4.79 Å². The highest BCUT2D eigenvalue weighted by atomic mass is 32.2. The molecule has 3 fully saturated rings. The van der Waals surface area contributed by atoms with Gasteiger partial charge in [0.25, 0.3) is 5.91 Å². The number of aryl methyl sites for hydroxylation is 2. The van der Waals surface area contributed by atoms with Crippen molar-refractivity contribution in [1.29, 1.82) is 0 Å². The van der Waals surface area contributed by atoms with E-state index in [0.717, 1.165) is 37.7 Å². The highest BCUT2D eigenvalue weighted by molar-refractivity contribution is 7.98. The van der Waals surface area contributed by atoms with Crippen molar-refractivity contribution < 1.29 is 4.79 Å². The van der Waals surface area contributed by atoms with E-state index in [4.69, 9.17) is 4.99 Å². The van der Waals surface area contributed by atoms with Gasteiger partial charge >= 0.3 is 0 Å². The Bertz CT molecular complexity index is 889. The Morgan fingerprint density at radius 3 is 2.41 bits per heavy atom. The monoisotopic (exact) mass is 454 g/mol. The van der Waals surface area contributed by atoms with Crippen molar-refractivity contribution in [2.75, 3.05) is 25.5 Å². The lowest BCUT2D eigenvalue weighted by atomic mass is 9.82. The van der Waals surface area contributed by atoms with Gasteiger partial charge in [0.2, 0.25) is 0 Å². The van der Waals surface area contributed by atoms with E-state index in [1.807, 2.05) is 19.0 Å². The zero-order chi connectivity index (χ0) is 22.5. The van der Waals surface area contributed by atoms with Gasteiger partial charge in [0.15, 0.2) is 0 Å². The summed E-state index contributed by atoms with van der Waals surface area (Å²) in [6.07, 6.45) is 7.84. The molecule has 5 nitrogen and oxygen atoms in total. The zero-order valence-electron chi connectivity index (χ0n) is 20.0. The number of carbonyl (C=O) groups is 1. The molecule has 2 unspecified atom stereocenters. The van der Waals surface area contributed by atoms with Gasteiger partial charge in [-0.05, 0) is 86.6 Å². The largest absolute Gasteiger partial charge is 0.388 e. The quantitative estimate of drug-likeness (QED) is 0.612. The van der Waals surface area contributed by atoms with Gasteiger partial charge in [-0.3, -0.25) is 14.1 Å². The van der Waals surface area contributed by atoms with E-state index >= 15 is 0 Å². The van der Waals surface area contributed by atoms with Crippen LogP contribution in [0.25, 0.3) is 0 Å².